The van der Waals surface area contributed by atoms with Crippen LogP contribution in [0.1, 0.15) is 19.8 Å². The first-order chi connectivity index (χ1) is 4.18. The number of carbonyl (C=O) groups is 1. The van der Waals surface area contributed by atoms with Crippen LogP contribution in [-0.2, 0) is 4.79 Å². The van der Waals surface area contributed by atoms with Crippen LogP contribution in [0.25, 0.3) is 4.85 Å². The molecule has 1 amide bonds. The minimum Gasteiger partial charge on any atom is -0.287 e. The fourth-order valence-corrected chi connectivity index (χ4v) is 0.711. The molecule has 1 aliphatic carbocycles. The molecule has 0 unspecified atom stereocenters. The van der Waals surface area contributed by atoms with Crippen molar-refractivity contribution in [2.45, 2.75) is 25.4 Å². The van der Waals surface area contributed by atoms with Crippen molar-refractivity contribution in [3.05, 3.63) is 11.4 Å². The van der Waals surface area contributed by atoms with E-state index in [1.165, 1.54) is 6.92 Å². The monoisotopic (exact) mass is 124 g/mol. The highest BCUT2D eigenvalue weighted by Crippen LogP contribution is 2.36. The molecule has 3 heteroatoms. The van der Waals surface area contributed by atoms with Crippen molar-refractivity contribution in [2.75, 3.05) is 0 Å². The van der Waals surface area contributed by atoms with Gasteiger partial charge in [0.05, 0.1) is 12.8 Å². The SMILES string of the molecule is [C-]#[N+]C1(NC(C)=O)CC1. The summed E-state index contributed by atoms with van der Waals surface area (Å²) in [5, 5.41) is 2.59. The minimum absolute atomic E-state index is 0.108. The summed E-state index contributed by atoms with van der Waals surface area (Å²) in [6.45, 7) is 8.11. The first kappa shape index (κ1) is 6.09. The van der Waals surface area contributed by atoms with Gasteiger partial charge in [0.15, 0.2) is 0 Å². The zero-order valence-electron chi connectivity index (χ0n) is 5.27. The maximum atomic E-state index is 10.4. The molecular weight excluding hydrogens is 116 g/mol. The quantitative estimate of drug-likeness (QED) is 0.508. The summed E-state index contributed by atoms with van der Waals surface area (Å²) < 4.78 is 0. The Balaban J connectivity index is 2.45. The third-order valence-electron chi connectivity index (χ3n) is 1.35. The van der Waals surface area contributed by atoms with Gasteiger partial charge in [-0.3, -0.25) is 15.0 Å². The maximum Gasteiger partial charge on any atom is 0.308 e. The Morgan fingerprint density at radius 3 is 2.44 bits per heavy atom. The van der Waals surface area contributed by atoms with Crippen LogP contribution in [0.5, 0.6) is 0 Å². The van der Waals surface area contributed by atoms with E-state index in [2.05, 4.69) is 10.2 Å². The summed E-state index contributed by atoms with van der Waals surface area (Å²) in [7, 11) is 0. The van der Waals surface area contributed by atoms with Crippen LogP contribution in [0.4, 0.5) is 0 Å². The number of nitrogens with zero attached hydrogens (tertiary/aromatic N) is 1. The molecule has 0 spiro atoms. The molecule has 0 aromatic carbocycles. The molecule has 0 bridgehead atoms. The molecule has 0 aliphatic heterocycles. The molecule has 48 valence electrons. The minimum atomic E-state index is -0.494. The van der Waals surface area contributed by atoms with Gasteiger partial charge in [-0.2, -0.15) is 0 Å². The van der Waals surface area contributed by atoms with Gasteiger partial charge in [-0.1, -0.05) is 0 Å². The topological polar surface area (TPSA) is 33.5 Å². The molecule has 0 atom stereocenters. The van der Waals surface area contributed by atoms with E-state index in [-0.39, 0.29) is 5.91 Å². The van der Waals surface area contributed by atoms with E-state index in [1.54, 1.807) is 0 Å². The first-order valence-corrected chi connectivity index (χ1v) is 2.86. The molecule has 0 aromatic rings. The fourth-order valence-electron chi connectivity index (χ4n) is 0.711. The van der Waals surface area contributed by atoms with Crippen molar-refractivity contribution in [1.29, 1.82) is 0 Å². The van der Waals surface area contributed by atoms with Crippen molar-refractivity contribution in [2.24, 2.45) is 0 Å². The summed E-state index contributed by atoms with van der Waals surface area (Å²) in [4.78, 5) is 13.7. The summed E-state index contributed by atoms with van der Waals surface area (Å²) in [6, 6.07) is 0. The first-order valence-electron chi connectivity index (χ1n) is 2.86. The van der Waals surface area contributed by atoms with Crippen molar-refractivity contribution in [3.63, 3.8) is 0 Å². The maximum absolute atomic E-state index is 10.4. The second kappa shape index (κ2) is 1.73. The van der Waals surface area contributed by atoms with E-state index in [9.17, 15) is 4.79 Å². The van der Waals surface area contributed by atoms with Gasteiger partial charge in [-0.05, 0) is 0 Å². The van der Waals surface area contributed by atoms with Crippen molar-refractivity contribution < 1.29 is 4.79 Å². The number of hydrogen-bond donors (Lipinski definition) is 1. The Kier molecular flexibility index (Phi) is 1.17. The lowest BCUT2D eigenvalue weighted by atomic mass is 10.5. The molecule has 1 fully saturated rings. The normalized spacial score (nSPS) is 20.0. The molecule has 0 heterocycles. The molecular formula is C6H8N2O. The number of amides is 1. The van der Waals surface area contributed by atoms with Crippen molar-refractivity contribution in [1.82, 2.24) is 5.32 Å². The van der Waals surface area contributed by atoms with Gasteiger partial charge >= 0.3 is 5.66 Å². The lowest BCUT2D eigenvalue weighted by Crippen LogP contribution is -2.31. The second-order valence-electron chi connectivity index (χ2n) is 2.32. The van der Waals surface area contributed by atoms with Gasteiger partial charge in [-0.25, -0.2) is 6.57 Å². The fraction of sp³-hybridized carbons (Fsp3) is 0.667. The van der Waals surface area contributed by atoms with E-state index < -0.39 is 5.66 Å². The molecule has 0 saturated heterocycles. The largest absolute Gasteiger partial charge is 0.308 e. The predicted octanol–water partition coefficient (Wildman–Crippen LogP) is 0.532. The summed E-state index contributed by atoms with van der Waals surface area (Å²) in [5.41, 5.74) is -0.494. The van der Waals surface area contributed by atoms with Crippen LogP contribution in [0.15, 0.2) is 0 Å². The molecule has 1 rings (SSSR count). The lowest BCUT2D eigenvalue weighted by Gasteiger charge is -1.99. The average Bonchev–Trinajstić information content (AvgIpc) is 2.48. The number of rotatable bonds is 1. The Hall–Kier alpha value is -1.04. The highest BCUT2D eigenvalue weighted by Gasteiger charge is 2.51. The van der Waals surface area contributed by atoms with Gasteiger partial charge in [0.25, 0.3) is 0 Å². The second-order valence-corrected chi connectivity index (χ2v) is 2.32. The molecule has 1 N–H and O–H groups in total. The van der Waals surface area contributed by atoms with Crippen LogP contribution >= 0.6 is 0 Å². The predicted molar refractivity (Wildman–Crippen MR) is 32.4 cm³/mol. The molecule has 9 heavy (non-hydrogen) atoms. The zero-order valence-corrected chi connectivity index (χ0v) is 5.27. The Morgan fingerprint density at radius 1 is 1.78 bits per heavy atom. The molecule has 0 aromatic heterocycles. The van der Waals surface area contributed by atoms with Crippen LogP contribution in [-0.4, -0.2) is 11.6 Å². The Bertz CT molecular complexity index is 176. The summed E-state index contributed by atoms with van der Waals surface area (Å²) >= 11 is 0. The van der Waals surface area contributed by atoms with Gasteiger partial charge in [0.1, 0.15) is 0 Å². The standard InChI is InChI=1S/C6H8N2O/c1-5(9)8-6(7-2)3-4-6/h3-4H2,1H3,(H,8,9). The van der Waals surface area contributed by atoms with Crippen LogP contribution < -0.4 is 5.32 Å². The van der Waals surface area contributed by atoms with Gasteiger partial charge in [-0.15, -0.1) is 0 Å². The Labute approximate surface area is 53.9 Å². The molecule has 3 nitrogen and oxygen atoms in total. The average molecular weight is 124 g/mol. The third kappa shape index (κ3) is 1.20. The number of nitrogens with one attached hydrogen (secondary N) is 1. The Morgan fingerprint density at radius 2 is 2.33 bits per heavy atom. The highest BCUT2D eigenvalue weighted by molar-refractivity contribution is 5.74. The third-order valence-corrected chi connectivity index (χ3v) is 1.35. The van der Waals surface area contributed by atoms with Crippen LogP contribution in [0.3, 0.4) is 0 Å². The van der Waals surface area contributed by atoms with Crippen molar-refractivity contribution >= 4 is 5.91 Å². The van der Waals surface area contributed by atoms with E-state index >= 15 is 0 Å². The highest BCUT2D eigenvalue weighted by atomic mass is 16.1. The molecule has 1 saturated carbocycles. The van der Waals surface area contributed by atoms with E-state index in [1.807, 2.05) is 0 Å². The van der Waals surface area contributed by atoms with E-state index in [4.69, 9.17) is 6.57 Å². The molecule has 0 radical (unpaired) electrons. The zero-order chi connectivity index (χ0) is 6.91. The van der Waals surface area contributed by atoms with Gasteiger partial charge < -0.3 is 0 Å². The lowest BCUT2D eigenvalue weighted by molar-refractivity contribution is -0.119. The van der Waals surface area contributed by atoms with Gasteiger partial charge in [0.2, 0.25) is 5.91 Å². The van der Waals surface area contributed by atoms with E-state index in [0.717, 1.165) is 12.8 Å². The summed E-state index contributed by atoms with van der Waals surface area (Å²) in [6.07, 6.45) is 1.63. The van der Waals surface area contributed by atoms with Crippen LogP contribution in [0, 0.1) is 6.57 Å². The van der Waals surface area contributed by atoms with Gasteiger partial charge in [0, 0.05) is 6.92 Å². The molecule has 1 aliphatic rings. The number of carbonyl (C=O) groups excluding carboxylic acids is 1. The summed E-state index contributed by atoms with van der Waals surface area (Å²) in [5.74, 6) is -0.108. The smallest absolute Gasteiger partial charge is 0.287 e. The van der Waals surface area contributed by atoms with Crippen LogP contribution in [0.2, 0.25) is 0 Å². The van der Waals surface area contributed by atoms with E-state index in [0.29, 0.717) is 0 Å². The van der Waals surface area contributed by atoms with Crippen molar-refractivity contribution in [3.8, 4) is 0 Å². The number of hydrogen-bond acceptors (Lipinski definition) is 1.